The molecule has 0 aliphatic heterocycles. The summed E-state index contributed by atoms with van der Waals surface area (Å²) in [6, 6.07) is 2.31. The standard InChI is InChI=1S/C12H15NO6/c1-19-5-4-9(12(17)18)13-11(16)8-3-2-7(14)6-10(8)15/h2-3,6,9,14-15H,4-5H2,1H3,(H,13,16)(H,17,18). The lowest BCUT2D eigenvalue weighted by Gasteiger charge is -2.14. The highest BCUT2D eigenvalue weighted by Gasteiger charge is 2.21. The predicted molar refractivity (Wildman–Crippen MR) is 65.2 cm³/mol. The summed E-state index contributed by atoms with van der Waals surface area (Å²) in [5, 5.41) is 29.8. The predicted octanol–water partition coefficient (Wildman–Crippen LogP) is 0.317. The van der Waals surface area contributed by atoms with Gasteiger partial charge in [-0.3, -0.25) is 4.79 Å². The highest BCUT2D eigenvalue weighted by molar-refractivity contribution is 5.98. The van der Waals surface area contributed by atoms with E-state index in [2.05, 4.69) is 5.32 Å². The lowest BCUT2D eigenvalue weighted by molar-refractivity contribution is -0.139. The van der Waals surface area contributed by atoms with Crippen LogP contribution < -0.4 is 5.32 Å². The van der Waals surface area contributed by atoms with Gasteiger partial charge >= 0.3 is 5.97 Å². The Morgan fingerprint density at radius 2 is 2.05 bits per heavy atom. The molecule has 1 unspecified atom stereocenters. The van der Waals surface area contributed by atoms with Gasteiger partial charge in [-0.1, -0.05) is 0 Å². The van der Waals surface area contributed by atoms with Gasteiger partial charge in [-0.2, -0.15) is 0 Å². The second kappa shape index (κ2) is 6.60. The largest absolute Gasteiger partial charge is 0.508 e. The molecule has 104 valence electrons. The monoisotopic (exact) mass is 269 g/mol. The maximum atomic E-state index is 11.8. The molecule has 1 aromatic carbocycles. The third-order valence-corrected chi connectivity index (χ3v) is 2.44. The normalized spacial score (nSPS) is 11.8. The van der Waals surface area contributed by atoms with Crippen molar-refractivity contribution < 1.29 is 29.6 Å². The maximum absolute atomic E-state index is 11.8. The number of phenols is 2. The molecule has 4 N–H and O–H groups in total. The number of ether oxygens (including phenoxy) is 1. The van der Waals surface area contributed by atoms with Crippen LogP contribution in [0.3, 0.4) is 0 Å². The van der Waals surface area contributed by atoms with E-state index in [0.717, 1.165) is 6.07 Å². The average molecular weight is 269 g/mol. The molecule has 0 spiro atoms. The van der Waals surface area contributed by atoms with Crippen LogP contribution >= 0.6 is 0 Å². The molecule has 0 aromatic heterocycles. The summed E-state index contributed by atoms with van der Waals surface area (Å²) in [4.78, 5) is 22.7. The Hall–Kier alpha value is -2.28. The zero-order valence-corrected chi connectivity index (χ0v) is 10.3. The topological polar surface area (TPSA) is 116 Å². The van der Waals surface area contributed by atoms with E-state index >= 15 is 0 Å². The van der Waals surface area contributed by atoms with Gasteiger partial charge in [0.1, 0.15) is 17.5 Å². The first-order valence-electron chi connectivity index (χ1n) is 5.50. The van der Waals surface area contributed by atoms with Gasteiger partial charge in [-0.05, 0) is 12.1 Å². The van der Waals surface area contributed by atoms with Crippen LogP contribution in [0.25, 0.3) is 0 Å². The Morgan fingerprint density at radius 3 is 2.58 bits per heavy atom. The minimum atomic E-state index is -1.19. The average Bonchev–Trinajstić information content (AvgIpc) is 2.33. The Balaban J connectivity index is 2.78. The van der Waals surface area contributed by atoms with Gasteiger partial charge in [0.2, 0.25) is 0 Å². The zero-order chi connectivity index (χ0) is 14.4. The van der Waals surface area contributed by atoms with E-state index in [1.807, 2.05) is 0 Å². The molecule has 19 heavy (non-hydrogen) atoms. The number of carbonyl (C=O) groups excluding carboxylic acids is 1. The summed E-state index contributed by atoms with van der Waals surface area (Å²) in [5.41, 5.74) is -0.110. The Morgan fingerprint density at radius 1 is 1.37 bits per heavy atom. The van der Waals surface area contributed by atoms with Crippen molar-refractivity contribution in [2.24, 2.45) is 0 Å². The SMILES string of the molecule is COCCC(NC(=O)c1ccc(O)cc1O)C(=O)O. The third kappa shape index (κ3) is 4.14. The molecule has 7 heteroatoms. The maximum Gasteiger partial charge on any atom is 0.326 e. The number of nitrogens with one attached hydrogen (secondary N) is 1. The van der Waals surface area contributed by atoms with Gasteiger partial charge in [0.25, 0.3) is 5.91 Å². The number of aliphatic carboxylic acids is 1. The van der Waals surface area contributed by atoms with Gasteiger partial charge in [0.15, 0.2) is 0 Å². The van der Waals surface area contributed by atoms with E-state index in [0.29, 0.717) is 0 Å². The number of methoxy groups -OCH3 is 1. The number of carbonyl (C=O) groups is 2. The summed E-state index contributed by atoms with van der Waals surface area (Å²) in [6.45, 7) is 0.179. The Bertz CT molecular complexity index is 473. The van der Waals surface area contributed by atoms with Crippen molar-refractivity contribution in [1.29, 1.82) is 0 Å². The Kier molecular flexibility index (Phi) is 5.13. The quantitative estimate of drug-likeness (QED) is 0.591. The van der Waals surface area contributed by atoms with Gasteiger partial charge in [0, 0.05) is 26.2 Å². The molecule has 0 bridgehead atoms. The van der Waals surface area contributed by atoms with E-state index in [4.69, 9.17) is 14.9 Å². The molecule has 1 aromatic rings. The van der Waals surface area contributed by atoms with Crippen molar-refractivity contribution in [1.82, 2.24) is 5.32 Å². The van der Waals surface area contributed by atoms with E-state index in [1.54, 1.807) is 0 Å². The molecule has 0 radical (unpaired) electrons. The van der Waals surface area contributed by atoms with Gasteiger partial charge < -0.3 is 25.4 Å². The van der Waals surface area contributed by atoms with Crippen molar-refractivity contribution in [2.45, 2.75) is 12.5 Å². The van der Waals surface area contributed by atoms with Crippen molar-refractivity contribution in [3.05, 3.63) is 23.8 Å². The number of rotatable bonds is 6. The molecule has 0 saturated carbocycles. The van der Waals surface area contributed by atoms with Gasteiger partial charge in [-0.25, -0.2) is 4.79 Å². The zero-order valence-electron chi connectivity index (χ0n) is 10.3. The fraction of sp³-hybridized carbons (Fsp3) is 0.333. The summed E-state index contributed by atoms with van der Waals surface area (Å²) < 4.78 is 4.75. The fourth-order valence-electron chi connectivity index (χ4n) is 1.44. The first-order chi connectivity index (χ1) is 8.95. The highest BCUT2D eigenvalue weighted by atomic mass is 16.5. The van der Waals surface area contributed by atoms with Crippen molar-refractivity contribution in [3.8, 4) is 11.5 Å². The number of hydrogen-bond donors (Lipinski definition) is 4. The molecule has 1 atom stereocenters. The molecule has 1 rings (SSSR count). The number of carboxylic acids is 1. The van der Waals surface area contributed by atoms with Crippen LogP contribution in [-0.2, 0) is 9.53 Å². The van der Waals surface area contributed by atoms with Crippen LogP contribution in [0, 0.1) is 0 Å². The van der Waals surface area contributed by atoms with E-state index in [1.165, 1.54) is 19.2 Å². The summed E-state index contributed by atoms with van der Waals surface area (Å²) in [6.07, 6.45) is 0.108. The van der Waals surface area contributed by atoms with Crippen LogP contribution in [0.4, 0.5) is 0 Å². The van der Waals surface area contributed by atoms with Crippen LogP contribution in [0.1, 0.15) is 16.8 Å². The first-order valence-corrected chi connectivity index (χ1v) is 5.50. The second-order valence-corrected chi connectivity index (χ2v) is 3.85. The number of amides is 1. The van der Waals surface area contributed by atoms with E-state index in [9.17, 15) is 14.7 Å². The molecular formula is C12H15NO6. The number of benzene rings is 1. The summed E-state index contributed by atoms with van der Waals surface area (Å²) in [5.74, 6) is -2.54. The summed E-state index contributed by atoms with van der Waals surface area (Å²) >= 11 is 0. The molecule has 0 heterocycles. The molecular weight excluding hydrogens is 254 g/mol. The molecule has 0 saturated heterocycles. The number of aromatic hydroxyl groups is 2. The lowest BCUT2D eigenvalue weighted by Crippen LogP contribution is -2.41. The second-order valence-electron chi connectivity index (χ2n) is 3.85. The first kappa shape index (κ1) is 14.8. The number of phenolic OH excluding ortho intramolecular Hbond substituents is 2. The van der Waals surface area contributed by atoms with Crippen LogP contribution in [0.5, 0.6) is 11.5 Å². The number of carboxylic acid groups (broad SMARTS) is 1. The van der Waals surface area contributed by atoms with Crippen molar-refractivity contribution in [3.63, 3.8) is 0 Å². The molecule has 1 amide bonds. The van der Waals surface area contributed by atoms with Crippen molar-refractivity contribution >= 4 is 11.9 Å². The lowest BCUT2D eigenvalue weighted by atomic mass is 10.1. The van der Waals surface area contributed by atoms with Crippen LogP contribution in [0.15, 0.2) is 18.2 Å². The number of hydrogen-bond acceptors (Lipinski definition) is 5. The smallest absolute Gasteiger partial charge is 0.326 e. The van der Waals surface area contributed by atoms with Crippen LogP contribution in [-0.4, -0.2) is 47.0 Å². The molecule has 0 fully saturated rings. The van der Waals surface area contributed by atoms with E-state index < -0.39 is 23.7 Å². The summed E-state index contributed by atoms with van der Waals surface area (Å²) in [7, 11) is 1.42. The van der Waals surface area contributed by atoms with Crippen LogP contribution in [0.2, 0.25) is 0 Å². The van der Waals surface area contributed by atoms with E-state index in [-0.39, 0.29) is 24.3 Å². The molecule has 7 nitrogen and oxygen atoms in total. The molecule has 0 aliphatic rings. The minimum absolute atomic E-state index is 0.108. The van der Waals surface area contributed by atoms with Crippen molar-refractivity contribution in [2.75, 3.05) is 13.7 Å². The third-order valence-electron chi connectivity index (χ3n) is 2.44. The van der Waals surface area contributed by atoms with Gasteiger partial charge in [0.05, 0.1) is 5.56 Å². The Labute approximate surface area is 109 Å². The minimum Gasteiger partial charge on any atom is -0.508 e. The molecule has 0 aliphatic carbocycles. The highest BCUT2D eigenvalue weighted by Crippen LogP contribution is 2.22. The fourth-order valence-corrected chi connectivity index (χ4v) is 1.44. The van der Waals surface area contributed by atoms with Gasteiger partial charge in [-0.15, -0.1) is 0 Å².